The maximum atomic E-state index is 13.2. The second-order valence-corrected chi connectivity index (χ2v) is 9.14. The molecule has 33 heavy (non-hydrogen) atoms. The summed E-state index contributed by atoms with van der Waals surface area (Å²) in [5, 5.41) is 11.7. The van der Waals surface area contributed by atoms with E-state index in [2.05, 4.69) is 0 Å². The van der Waals surface area contributed by atoms with Gasteiger partial charge in [0.2, 0.25) is 0 Å². The van der Waals surface area contributed by atoms with Crippen molar-refractivity contribution in [2.75, 3.05) is 0 Å². The summed E-state index contributed by atoms with van der Waals surface area (Å²) in [5.74, 6) is -0.845. The van der Waals surface area contributed by atoms with Crippen molar-refractivity contribution in [2.45, 2.75) is 52.0 Å². The molecular weight excluding hydrogens is 422 g/mol. The number of fused-ring (bicyclic) bond motifs is 5. The Balaban J connectivity index is 1.64. The first-order valence-electron chi connectivity index (χ1n) is 11.1. The molecule has 0 saturated carbocycles. The number of rotatable bonds is 4. The molecule has 3 N–H and O–H groups in total. The summed E-state index contributed by atoms with van der Waals surface area (Å²) in [7, 11) is 0. The van der Waals surface area contributed by atoms with E-state index in [4.69, 9.17) is 15.5 Å². The van der Waals surface area contributed by atoms with Crippen molar-refractivity contribution in [3.63, 3.8) is 0 Å². The van der Waals surface area contributed by atoms with Crippen LogP contribution in [0.1, 0.15) is 54.2 Å². The maximum Gasteiger partial charge on any atom is 0.343 e. The highest BCUT2D eigenvalue weighted by atomic mass is 16.6. The van der Waals surface area contributed by atoms with Crippen molar-refractivity contribution in [1.82, 2.24) is 9.55 Å². The molecule has 2 aromatic heterocycles. The topological polar surface area (TPSA) is 125 Å². The number of esters is 1. The number of ketones is 1. The van der Waals surface area contributed by atoms with Crippen LogP contribution in [0.4, 0.5) is 0 Å². The van der Waals surface area contributed by atoms with Crippen molar-refractivity contribution >= 4 is 22.7 Å². The highest BCUT2D eigenvalue weighted by Crippen LogP contribution is 2.38. The lowest BCUT2D eigenvalue weighted by Gasteiger charge is -2.31. The standard InChI is InChI=1S/C25H25N3O5/c1-4-25(32)17-9-19-21-15(10-28(19)23(30)16(17)11-33-24(25)31)8-14-7-13(5-6-18(14)27-21)22(29)20(26)12(2)3/h5-9,12,20,32H,4,10-11,26H2,1-3H3/t20-,25+/m1/s1. The van der Waals surface area contributed by atoms with Crippen molar-refractivity contribution in [3.8, 4) is 11.4 Å². The number of benzene rings is 1. The van der Waals surface area contributed by atoms with Crippen LogP contribution in [0.3, 0.4) is 0 Å². The summed E-state index contributed by atoms with van der Waals surface area (Å²) in [6.45, 7) is 5.63. The van der Waals surface area contributed by atoms with Crippen LogP contribution in [-0.2, 0) is 28.3 Å². The molecular formula is C25H25N3O5. The fourth-order valence-electron chi connectivity index (χ4n) is 4.63. The Morgan fingerprint density at radius 1 is 1.27 bits per heavy atom. The molecule has 0 amide bonds. The van der Waals surface area contributed by atoms with Gasteiger partial charge in [-0.3, -0.25) is 9.59 Å². The Morgan fingerprint density at radius 2 is 2.03 bits per heavy atom. The minimum absolute atomic E-state index is 0.0244. The van der Waals surface area contributed by atoms with E-state index in [9.17, 15) is 19.5 Å². The first kappa shape index (κ1) is 21.5. The average molecular weight is 447 g/mol. The Morgan fingerprint density at radius 3 is 2.73 bits per heavy atom. The minimum Gasteiger partial charge on any atom is -0.458 e. The number of Topliss-reactive ketones (excluding diaryl/α,β-unsaturated/α-hetero) is 1. The first-order chi connectivity index (χ1) is 15.7. The number of hydrogen-bond acceptors (Lipinski definition) is 7. The van der Waals surface area contributed by atoms with E-state index in [1.54, 1.807) is 35.8 Å². The van der Waals surface area contributed by atoms with E-state index < -0.39 is 17.6 Å². The molecule has 8 nitrogen and oxygen atoms in total. The summed E-state index contributed by atoms with van der Waals surface area (Å²) in [5.41, 5.74) is 7.67. The van der Waals surface area contributed by atoms with Crippen molar-refractivity contribution in [1.29, 1.82) is 0 Å². The summed E-state index contributed by atoms with van der Waals surface area (Å²) in [4.78, 5) is 43.0. The number of hydrogen-bond donors (Lipinski definition) is 2. The fourth-order valence-corrected chi connectivity index (χ4v) is 4.63. The largest absolute Gasteiger partial charge is 0.458 e. The van der Waals surface area contributed by atoms with Crippen molar-refractivity contribution in [2.24, 2.45) is 11.7 Å². The molecule has 0 bridgehead atoms. The van der Waals surface area contributed by atoms with Gasteiger partial charge in [-0.25, -0.2) is 9.78 Å². The lowest BCUT2D eigenvalue weighted by Crippen LogP contribution is -2.44. The van der Waals surface area contributed by atoms with Crippen LogP contribution >= 0.6 is 0 Å². The van der Waals surface area contributed by atoms with Gasteiger partial charge < -0.3 is 20.1 Å². The quantitative estimate of drug-likeness (QED) is 0.363. The molecule has 2 aliphatic heterocycles. The fraction of sp³-hybridized carbons (Fsp3) is 0.360. The van der Waals surface area contributed by atoms with Gasteiger partial charge in [0.05, 0.1) is 35.1 Å². The second-order valence-electron chi connectivity index (χ2n) is 9.14. The van der Waals surface area contributed by atoms with Gasteiger partial charge in [0.25, 0.3) is 5.56 Å². The van der Waals surface area contributed by atoms with Gasteiger partial charge in [-0.1, -0.05) is 20.8 Å². The minimum atomic E-state index is -1.85. The summed E-state index contributed by atoms with van der Waals surface area (Å²) < 4.78 is 6.69. The number of ether oxygens (including phenoxy) is 1. The van der Waals surface area contributed by atoms with Gasteiger partial charge >= 0.3 is 5.97 Å². The van der Waals surface area contributed by atoms with E-state index in [-0.39, 0.29) is 41.4 Å². The number of pyridine rings is 2. The van der Waals surface area contributed by atoms with Crippen molar-refractivity contribution < 1.29 is 19.4 Å². The van der Waals surface area contributed by atoms with Crippen LogP contribution in [0.25, 0.3) is 22.3 Å². The van der Waals surface area contributed by atoms with E-state index in [0.29, 0.717) is 29.0 Å². The lowest BCUT2D eigenvalue weighted by molar-refractivity contribution is -0.172. The monoisotopic (exact) mass is 447 g/mol. The first-order valence-corrected chi connectivity index (χ1v) is 11.1. The van der Waals surface area contributed by atoms with Crippen LogP contribution in [-0.4, -0.2) is 32.5 Å². The molecule has 0 fully saturated rings. The Hall–Kier alpha value is -3.36. The smallest absolute Gasteiger partial charge is 0.343 e. The van der Waals surface area contributed by atoms with Crippen molar-refractivity contribution in [3.05, 3.63) is 62.9 Å². The Kier molecular flexibility index (Phi) is 4.77. The van der Waals surface area contributed by atoms with Gasteiger partial charge in [-0.15, -0.1) is 0 Å². The van der Waals surface area contributed by atoms with Gasteiger partial charge in [0.1, 0.15) is 6.61 Å². The summed E-state index contributed by atoms with van der Waals surface area (Å²) in [6.07, 6.45) is 0.0923. The number of aliphatic hydroxyl groups is 1. The summed E-state index contributed by atoms with van der Waals surface area (Å²) in [6, 6.07) is 8.30. The predicted molar refractivity (Wildman–Crippen MR) is 122 cm³/mol. The molecule has 0 radical (unpaired) electrons. The molecule has 0 saturated heterocycles. The average Bonchev–Trinajstić information content (AvgIpc) is 3.16. The molecule has 2 aliphatic rings. The van der Waals surface area contributed by atoms with Gasteiger partial charge in [0.15, 0.2) is 11.4 Å². The van der Waals surface area contributed by atoms with Crippen LogP contribution in [0.2, 0.25) is 0 Å². The SMILES string of the molecule is CC[C@@]1(O)C(=O)OCc2c1cc1n(c2=O)Cc2cc3cc(C(=O)[C@H](N)C(C)C)ccc3nc2-1. The molecule has 0 spiro atoms. The van der Waals surface area contributed by atoms with Crippen LogP contribution in [0.15, 0.2) is 35.1 Å². The zero-order valence-electron chi connectivity index (χ0n) is 18.7. The van der Waals surface area contributed by atoms with E-state index in [1.165, 1.54) is 0 Å². The molecule has 3 aromatic rings. The number of carbonyl (C=O) groups excluding carboxylic acids is 2. The molecule has 0 unspecified atom stereocenters. The molecule has 2 atom stereocenters. The molecule has 170 valence electrons. The molecule has 1 aromatic carbocycles. The van der Waals surface area contributed by atoms with Crippen LogP contribution in [0.5, 0.6) is 0 Å². The molecule has 8 heteroatoms. The second kappa shape index (κ2) is 7.33. The number of carbonyl (C=O) groups is 2. The predicted octanol–water partition coefficient (Wildman–Crippen LogP) is 2.25. The van der Waals surface area contributed by atoms with E-state index in [0.717, 1.165) is 10.9 Å². The summed E-state index contributed by atoms with van der Waals surface area (Å²) >= 11 is 0. The van der Waals surface area contributed by atoms with Crippen LogP contribution in [0, 0.1) is 5.92 Å². The van der Waals surface area contributed by atoms with E-state index in [1.807, 2.05) is 19.9 Å². The van der Waals surface area contributed by atoms with E-state index >= 15 is 0 Å². The normalized spacial score (nSPS) is 19.8. The number of nitrogens with zero attached hydrogens (tertiary/aromatic N) is 2. The highest BCUT2D eigenvalue weighted by Gasteiger charge is 2.45. The van der Waals surface area contributed by atoms with Gasteiger partial charge in [-0.05, 0) is 42.7 Å². The zero-order valence-corrected chi connectivity index (χ0v) is 18.7. The lowest BCUT2D eigenvalue weighted by atomic mass is 9.86. The number of nitrogens with two attached hydrogens (primary N) is 1. The third-order valence-electron chi connectivity index (χ3n) is 6.81. The Labute approximate surface area is 190 Å². The molecule has 5 rings (SSSR count). The van der Waals surface area contributed by atoms with Crippen LogP contribution < -0.4 is 11.3 Å². The third-order valence-corrected chi connectivity index (χ3v) is 6.81. The van der Waals surface area contributed by atoms with Gasteiger partial charge in [-0.2, -0.15) is 0 Å². The Bertz CT molecular complexity index is 1410. The third kappa shape index (κ3) is 3.05. The highest BCUT2D eigenvalue weighted by molar-refractivity contribution is 6.03. The van der Waals surface area contributed by atoms with Gasteiger partial charge in [0, 0.05) is 22.1 Å². The maximum absolute atomic E-state index is 13.2. The molecule has 0 aliphatic carbocycles. The zero-order chi connectivity index (χ0) is 23.7. The molecule has 4 heterocycles. The number of aromatic nitrogens is 2. The number of cyclic esters (lactones) is 1.